The molecule has 0 saturated heterocycles. The highest BCUT2D eigenvalue weighted by Crippen LogP contribution is 2.39. The van der Waals surface area contributed by atoms with Crippen LogP contribution in [0.5, 0.6) is 0 Å². The summed E-state index contributed by atoms with van der Waals surface area (Å²) in [5.41, 5.74) is 1.15. The minimum atomic E-state index is -0.0452. The van der Waals surface area contributed by atoms with Gasteiger partial charge in [-0.3, -0.25) is 0 Å². The molecule has 0 aromatic heterocycles. The molecule has 2 heteroatoms. The molecule has 0 spiro atoms. The van der Waals surface area contributed by atoms with Gasteiger partial charge in [0.2, 0.25) is 0 Å². The monoisotopic (exact) mass is 235 g/mol. The van der Waals surface area contributed by atoms with Gasteiger partial charge in [0, 0.05) is 19.4 Å². The van der Waals surface area contributed by atoms with Crippen molar-refractivity contribution in [1.82, 2.24) is 4.90 Å². The van der Waals surface area contributed by atoms with Gasteiger partial charge < -0.3 is 9.64 Å². The molecule has 96 valence electrons. The van der Waals surface area contributed by atoms with Crippen molar-refractivity contribution in [1.29, 1.82) is 0 Å². The molecular formula is C15H25NO. The third-order valence-electron chi connectivity index (χ3n) is 3.72. The lowest BCUT2D eigenvalue weighted by atomic mass is 9.90. The predicted octanol–water partition coefficient (Wildman–Crippen LogP) is 3.52. The molecule has 1 heterocycles. The van der Waals surface area contributed by atoms with Crippen LogP contribution in [0, 0.1) is 0 Å². The lowest BCUT2D eigenvalue weighted by molar-refractivity contribution is 0.0135. The topological polar surface area (TPSA) is 12.5 Å². The Morgan fingerprint density at radius 2 is 2.06 bits per heavy atom. The van der Waals surface area contributed by atoms with Crippen LogP contribution in [0.25, 0.3) is 0 Å². The fourth-order valence-electron chi connectivity index (χ4n) is 2.18. The molecule has 1 unspecified atom stereocenters. The Morgan fingerprint density at radius 1 is 1.35 bits per heavy atom. The highest BCUT2D eigenvalue weighted by Gasteiger charge is 2.37. The van der Waals surface area contributed by atoms with Gasteiger partial charge in [0.05, 0.1) is 0 Å². The van der Waals surface area contributed by atoms with Crippen LogP contribution in [-0.2, 0) is 4.74 Å². The van der Waals surface area contributed by atoms with Crippen molar-refractivity contribution in [3.63, 3.8) is 0 Å². The second kappa shape index (κ2) is 6.06. The van der Waals surface area contributed by atoms with E-state index in [4.69, 9.17) is 4.74 Å². The molecule has 0 aromatic carbocycles. The van der Waals surface area contributed by atoms with E-state index in [0.717, 1.165) is 38.1 Å². The lowest BCUT2D eigenvalue weighted by Crippen LogP contribution is -2.33. The molecule has 0 N–H and O–H groups in total. The van der Waals surface area contributed by atoms with Crippen LogP contribution in [0.3, 0.4) is 0 Å². The number of ether oxygens (including phenoxy) is 1. The van der Waals surface area contributed by atoms with Crippen LogP contribution < -0.4 is 0 Å². The molecule has 0 bridgehead atoms. The van der Waals surface area contributed by atoms with Crippen molar-refractivity contribution >= 4 is 0 Å². The summed E-state index contributed by atoms with van der Waals surface area (Å²) in [6.45, 7) is 14.2. The Hall–Kier alpha value is -1.02. The van der Waals surface area contributed by atoms with Crippen molar-refractivity contribution < 1.29 is 4.74 Å². The zero-order valence-electron chi connectivity index (χ0n) is 11.5. The summed E-state index contributed by atoms with van der Waals surface area (Å²) in [6, 6.07) is 0. The van der Waals surface area contributed by atoms with Crippen LogP contribution >= 0.6 is 0 Å². The minimum Gasteiger partial charge on any atom is -0.487 e. The molecule has 17 heavy (non-hydrogen) atoms. The standard InChI is InChI=1S/C15H25NO/c1-6-13-12-15(8-3,17-14(13)7-2)10-11-16(5)9-4/h6-7H,1-2,8-12H2,3-5H3. The van der Waals surface area contributed by atoms with Gasteiger partial charge in [0.15, 0.2) is 0 Å². The van der Waals surface area contributed by atoms with Gasteiger partial charge >= 0.3 is 0 Å². The van der Waals surface area contributed by atoms with Crippen molar-refractivity contribution in [2.24, 2.45) is 0 Å². The molecule has 1 rings (SSSR count). The molecule has 0 aliphatic carbocycles. The maximum atomic E-state index is 6.11. The van der Waals surface area contributed by atoms with Gasteiger partial charge in [0.25, 0.3) is 0 Å². The number of hydrogen-bond donors (Lipinski definition) is 0. The summed E-state index contributed by atoms with van der Waals surface area (Å²) in [6.07, 6.45) is 6.75. The molecule has 1 aliphatic rings. The molecule has 0 radical (unpaired) electrons. The zero-order chi connectivity index (χ0) is 12.9. The number of allylic oxidation sites excluding steroid dienone is 2. The Bertz CT molecular complexity index is 297. The van der Waals surface area contributed by atoms with Gasteiger partial charge in [-0.05, 0) is 31.7 Å². The van der Waals surface area contributed by atoms with Crippen molar-refractivity contribution in [3.05, 3.63) is 36.6 Å². The molecule has 0 saturated carbocycles. The summed E-state index contributed by atoms with van der Waals surface area (Å²) >= 11 is 0. The largest absolute Gasteiger partial charge is 0.487 e. The molecular weight excluding hydrogens is 210 g/mol. The average molecular weight is 235 g/mol. The minimum absolute atomic E-state index is 0.0452. The highest BCUT2D eigenvalue weighted by molar-refractivity contribution is 5.33. The second-order valence-corrected chi connectivity index (χ2v) is 4.76. The summed E-state index contributed by atoms with van der Waals surface area (Å²) in [4.78, 5) is 2.32. The van der Waals surface area contributed by atoms with E-state index in [1.54, 1.807) is 6.08 Å². The van der Waals surface area contributed by atoms with Crippen molar-refractivity contribution in [3.8, 4) is 0 Å². The van der Waals surface area contributed by atoms with E-state index >= 15 is 0 Å². The smallest absolute Gasteiger partial charge is 0.122 e. The normalized spacial score (nSPS) is 24.0. The summed E-state index contributed by atoms with van der Waals surface area (Å²) < 4.78 is 6.11. The van der Waals surface area contributed by atoms with Gasteiger partial charge in [-0.2, -0.15) is 0 Å². The van der Waals surface area contributed by atoms with Crippen molar-refractivity contribution in [2.75, 3.05) is 20.1 Å². The van der Waals surface area contributed by atoms with Gasteiger partial charge in [0.1, 0.15) is 11.4 Å². The predicted molar refractivity (Wildman–Crippen MR) is 73.9 cm³/mol. The van der Waals surface area contributed by atoms with Gasteiger partial charge in [-0.1, -0.05) is 33.1 Å². The first kappa shape index (κ1) is 14.0. The van der Waals surface area contributed by atoms with E-state index in [1.807, 2.05) is 6.08 Å². The number of nitrogens with zero attached hydrogens (tertiary/aromatic N) is 1. The van der Waals surface area contributed by atoms with Gasteiger partial charge in [-0.25, -0.2) is 0 Å². The third-order valence-corrected chi connectivity index (χ3v) is 3.72. The summed E-state index contributed by atoms with van der Waals surface area (Å²) in [5.74, 6) is 0.918. The van der Waals surface area contributed by atoms with E-state index in [9.17, 15) is 0 Å². The third kappa shape index (κ3) is 3.22. The first-order chi connectivity index (χ1) is 8.10. The maximum absolute atomic E-state index is 6.11. The molecule has 0 fully saturated rings. The maximum Gasteiger partial charge on any atom is 0.122 e. The van der Waals surface area contributed by atoms with Gasteiger partial charge in [-0.15, -0.1) is 0 Å². The van der Waals surface area contributed by atoms with Crippen LogP contribution in [0.15, 0.2) is 36.6 Å². The van der Waals surface area contributed by atoms with Crippen LogP contribution in [0.1, 0.15) is 33.1 Å². The Kier molecular flexibility index (Phi) is 5.01. The molecule has 2 nitrogen and oxygen atoms in total. The first-order valence-electron chi connectivity index (χ1n) is 6.46. The SMILES string of the molecule is C=CC1=C(C=C)OC(CC)(CCN(C)CC)C1. The van der Waals surface area contributed by atoms with E-state index in [-0.39, 0.29) is 5.60 Å². The molecule has 0 aromatic rings. The second-order valence-electron chi connectivity index (χ2n) is 4.76. The molecule has 1 atom stereocenters. The Balaban J connectivity index is 2.68. The van der Waals surface area contributed by atoms with Crippen LogP contribution in [0.4, 0.5) is 0 Å². The van der Waals surface area contributed by atoms with E-state index < -0.39 is 0 Å². The summed E-state index contributed by atoms with van der Waals surface area (Å²) in [7, 11) is 2.15. The first-order valence-corrected chi connectivity index (χ1v) is 6.46. The quantitative estimate of drug-likeness (QED) is 0.669. The highest BCUT2D eigenvalue weighted by atomic mass is 16.5. The van der Waals surface area contributed by atoms with E-state index in [2.05, 4.69) is 39.0 Å². The Morgan fingerprint density at radius 3 is 2.47 bits per heavy atom. The van der Waals surface area contributed by atoms with Crippen molar-refractivity contribution in [2.45, 2.75) is 38.7 Å². The van der Waals surface area contributed by atoms with E-state index in [1.165, 1.54) is 5.57 Å². The Labute approximate surface area is 106 Å². The van der Waals surface area contributed by atoms with Crippen LogP contribution in [-0.4, -0.2) is 30.6 Å². The average Bonchev–Trinajstić information content (AvgIpc) is 2.75. The van der Waals surface area contributed by atoms with Crippen LogP contribution in [0.2, 0.25) is 0 Å². The number of hydrogen-bond acceptors (Lipinski definition) is 2. The molecule has 1 aliphatic heterocycles. The fraction of sp³-hybridized carbons (Fsp3) is 0.600. The lowest BCUT2D eigenvalue weighted by Gasteiger charge is -2.30. The molecule has 0 amide bonds. The summed E-state index contributed by atoms with van der Waals surface area (Å²) in [5, 5.41) is 0. The number of rotatable bonds is 7. The fourth-order valence-corrected chi connectivity index (χ4v) is 2.18. The zero-order valence-corrected chi connectivity index (χ0v) is 11.5. The van der Waals surface area contributed by atoms with E-state index in [0.29, 0.717) is 0 Å².